The maximum absolute atomic E-state index is 12.7. The van der Waals surface area contributed by atoms with E-state index in [1.54, 1.807) is 0 Å². The van der Waals surface area contributed by atoms with Crippen LogP contribution in [0.1, 0.15) is 23.2 Å². The lowest BCUT2D eigenvalue weighted by atomic mass is 10.2. The van der Waals surface area contributed by atoms with Crippen molar-refractivity contribution in [2.24, 2.45) is 0 Å². The van der Waals surface area contributed by atoms with Gasteiger partial charge >= 0.3 is 12.1 Å². The van der Waals surface area contributed by atoms with Crippen molar-refractivity contribution in [3.8, 4) is 0 Å². The first-order valence-electron chi connectivity index (χ1n) is 5.13. The normalized spacial score (nSPS) is 17.3. The summed E-state index contributed by atoms with van der Waals surface area (Å²) in [5.74, 6) is -1.13. The van der Waals surface area contributed by atoms with Gasteiger partial charge in [0.1, 0.15) is 5.54 Å². The van der Waals surface area contributed by atoms with Gasteiger partial charge in [-0.15, -0.1) is 0 Å². The van der Waals surface area contributed by atoms with Crippen molar-refractivity contribution >= 4 is 27.6 Å². The summed E-state index contributed by atoms with van der Waals surface area (Å²) in [6, 6.07) is 3.87. The van der Waals surface area contributed by atoms with Crippen LogP contribution in [0, 0.1) is 0 Å². The highest BCUT2D eigenvalue weighted by Gasteiger charge is 2.63. The van der Waals surface area contributed by atoms with Crippen LogP contribution in [0.5, 0.6) is 0 Å². The van der Waals surface area contributed by atoms with Crippen LogP contribution in [0.2, 0.25) is 0 Å². The van der Waals surface area contributed by atoms with E-state index in [9.17, 15) is 18.0 Å². The molecule has 0 aliphatic heterocycles. The third kappa shape index (κ3) is 2.31. The second kappa shape index (κ2) is 4.15. The minimum Gasteiger partial charge on any atom is -0.478 e. The first-order valence-corrected chi connectivity index (χ1v) is 5.92. The van der Waals surface area contributed by atoms with E-state index in [2.05, 4.69) is 21.2 Å². The third-order valence-corrected chi connectivity index (χ3v) is 3.54. The number of nitrogens with one attached hydrogen (secondary N) is 1. The Bertz CT molecular complexity index is 498. The van der Waals surface area contributed by atoms with Crippen LogP contribution >= 0.6 is 15.9 Å². The molecule has 0 aromatic heterocycles. The van der Waals surface area contributed by atoms with Crippen molar-refractivity contribution < 1.29 is 23.1 Å². The number of anilines is 1. The zero-order valence-corrected chi connectivity index (χ0v) is 10.6. The van der Waals surface area contributed by atoms with Crippen molar-refractivity contribution in [1.29, 1.82) is 0 Å². The average molecular weight is 324 g/mol. The molecule has 1 fully saturated rings. The molecule has 7 heteroatoms. The van der Waals surface area contributed by atoms with Gasteiger partial charge in [0.15, 0.2) is 0 Å². The van der Waals surface area contributed by atoms with Gasteiger partial charge in [-0.1, -0.05) is 0 Å². The molecule has 98 valence electrons. The number of halogens is 4. The highest BCUT2D eigenvalue weighted by molar-refractivity contribution is 9.10. The molecule has 0 heterocycles. The molecule has 2 rings (SSSR count). The first-order chi connectivity index (χ1) is 8.25. The Morgan fingerprint density at radius 2 is 2.00 bits per heavy atom. The van der Waals surface area contributed by atoms with Gasteiger partial charge < -0.3 is 10.4 Å². The van der Waals surface area contributed by atoms with Gasteiger partial charge in [0.25, 0.3) is 0 Å². The summed E-state index contributed by atoms with van der Waals surface area (Å²) in [4.78, 5) is 10.7. The largest absolute Gasteiger partial charge is 0.478 e. The quantitative estimate of drug-likeness (QED) is 0.892. The predicted octanol–water partition coefficient (Wildman–Crippen LogP) is 3.65. The van der Waals surface area contributed by atoms with E-state index in [1.165, 1.54) is 18.2 Å². The summed E-state index contributed by atoms with van der Waals surface area (Å²) in [6.07, 6.45) is -4.24. The van der Waals surface area contributed by atoms with Gasteiger partial charge in [-0.3, -0.25) is 0 Å². The Hall–Kier alpha value is -1.24. The molecule has 0 bridgehead atoms. The number of alkyl halides is 3. The van der Waals surface area contributed by atoms with E-state index in [4.69, 9.17) is 5.11 Å². The molecule has 0 radical (unpaired) electrons. The summed E-state index contributed by atoms with van der Waals surface area (Å²) >= 11 is 3.07. The first kappa shape index (κ1) is 13.2. The van der Waals surface area contributed by atoms with E-state index in [-0.39, 0.29) is 24.1 Å². The summed E-state index contributed by atoms with van der Waals surface area (Å²) in [6.45, 7) is 0. The molecular formula is C11H9BrF3NO2. The molecular weight excluding hydrogens is 315 g/mol. The number of benzene rings is 1. The minimum atomic E-state index is -4.31. The molecule has 1 saturated carbocycles. The summed E-state index contributed by atoms with van der Waals surface area (Å²) in [7, 11) is 0. The summed E-state index contributed by atoms with van der Waals surface area (Å²) < 4.78 is 38.6. The van der Waals surface area contributed by atoms with Crippen LogP contribution in [0.3, 0.4) is 0 Å². The molecule has 0 unspecified atom stereocenters. The molecule has 1 aliphatic rings. The molecule has 18 heavy (non-hydrogen) atoms. The van der Waals surface area contributed by atoms with Crippen molar-refractivity contribution in [2.75, 3.05) is 5.32 Å². The smallest absolute Gasteiger partial charge is 0.411 e. The number of carboxylic acid groups (broad SMARTS) is 1. The maximum atomic E-state index is 12.7. The number of hydrogen-bond donors (Lipinski definition) is 2. The Morgan fingerprint density at radius 3 is 2.39 bits per heavy atom. The van der Waals surface area contributed by atoms with E-state index >= 15 is 0 Å². The average Bonchev–Trinajstić information content (AvgIpc) is 3.01. The molecule has 1 aromatic rings. The van der Waals surface area contributed by atoms with Crippen LogP contribution in [-0.2, 0) is 0 Å². The number of rotatable bonds is 3. The fraction of sp³-hybridized carbons (Fsp3) is 0.364. The lowest BCUT2D eigenvalue weighted by Gasteiger charge is -2.22. The van der Waals surface area contributed by atoms with Crippen LogP contribution < -0.4 is 5.32 Å². The Morgan fingerprint density at radius 1 is 1.39 bits per heavy atom. The minimum absolute atomic E-state index is 0.0179. The molecule has 0 amide bonds. The van der Waals surface area contributed by atoms with Crippen LogP contribution in [0.15, 0.2) is 22.7 Å². The Kier molecular flexibility index (Phi) is 3.04. The van der Waals surface area contributed by atoms with Crippen LogP contribution in [0.25, 0.3) is 0 Å². The molecule has 0 spiro atoms. The van der Waals surface area contributed by atoms with Gasteiger partial charge in [0.2, 0.25) is 0 Å². The monoisotopic (exact) mass is 323 g/mol. The highest BCUT2D eigenvalue weighted by atomic mass is 79.9. The SMILES string of the molecule is O=C(O)c1ccc(NC2(C(F)(F)F)CC2)c(Br)c1. The fourth-order valence-corrected chi connectivity index (χ4v) is 2.09. The van der Waals surface area contributed by atoms with Crippen molar-refractivity contribution in [1.82, 2.24) is 0 Å². The van der Waals surface area contributed by atoms with E-state index in [0.29, 0.717) is 4.47 Å². The topological polar surface area (TPSA) is 49.3 Å². The Labute approximate surface area is 109 Å². The molecule has 3 nitrogen and oxygen atoms in total. The van der Waals surface area contributed by atoms with Gasteiger partial charge in [-0.2, -0.15) is 13.2 Å². The fourth-order valence-electron chi connectivity index (χ4n) is 1.61. The predicted molar refractivity (Wildman–Crippen MR) is 62.7 cm³/mol. The lowest BCUT2D eigenvalue weighted by Crippen LogP contribution is -2.38. The number of hydrogen-bond acceptors (Lipinski definition) is 2. The second-order valence-electron chi connectivity index (χ2n) is 4.20. The van der Waals surface area contributed by atoms with Crippen molar-refractivity contribution in [2.45, 2.75) is 24.6 Å². The zero-order chi connectivity index (χ0) is 13.6. The maximum Gasteiger partial charge on any atom is 0.411 e. The van der Waals surface area contributed by atoms with Crippen LogP contribution in [0.4, 0.5) is 18.9 Å². The van der Waals surface area contributed by atoms with Gasteiger partial charge in [0, 0.05) is 10.2 Å². The van der Waals surface area contributed by atoms with Gasteiger partial charge in [-0.25, -0.2) is 4.79 Å². The molecule has 1 aromatic carbocycles. The number of carboxylic acids is 1. The van der Waals surface area contributed by atoms with E-state index in [1.807, 2.05) is 0 Å². The van der Waals surface area contributed by atoms with Gasteiger partial charge in [-0.05, 0) is 47.0 Å². The third-order valence-electron chi connectivity index (χ3n) is 2.88. The molecule has 2 N–H and O–H groups in total. The Balaban J connectivity index is 2.24. The molecule has 1 aliphatic carbocycles. The summed E-state index contributed by atoms with van der Waals surface area (Å²) in [5, 5.41) is 11.2. The lowest BCUT2D eigenvalue weighted by molar-refractivity contribution is -0.151. The van der Waals surface area contributed by atoms with E-state index < -0.39 is 17.7 Å². The second-order valence-corrected chi connectivity index (χ2v) is 5.06. The summed E-state index contributed by atoms with van der Waals surface area (Å²) in [5.41, 5.74) is -1.60. The van der Waals surface area contributed by atoms with Gasteiger partial charge in [0.05, 0.1) is 5.56 Å². The van der Waals surface area contributed by atoms with Crippen molar-refractivity contribution in [3.05, 3.63) is 28.2 Å². The van der Waals surface area contributed by atoms with E-state index in [0.717, 1.165) is 0 Å². The molecule has 0 saturated heterocycles. The molecule has 0 atom stereocenters. The van der Waals surface area contributed by atoms with Crippen molar-refractivity contribution in [3.63, 3.8) is 0 Å². The standard InChI is InChI=1S/C11H9BrF3NO2/c12-7-5-6(9(17)18)1-2-8(7)16-10(3-4-10)11(13,14)15/h1-2,5,16H,3-4H2,(H,17,18). The number of aromatic carboxylic acids is 1. The number of carbonyl (C=O) groups is 1. The highest BCUT2D eigenvalue weighted by Crippen LogP contribution is 2.51. The zero-order valence-electron chi connectivity index (χ0n) is 9.01. The van der Waals surface area contributed by atoms with Crippen LogP contribution in [-0.4, -0.2) is 22.8 Å².